The molecule has 11 heavy (non-hydrogen) atoms. The lowest BCUT2D eigenvalue weighted by Gasteiger charge is -2.10. The maximum absolute atomic E-state index is 10.1. The van der Waals surface area contributed by atoms with Crippen molar-refractivity contribution in [1.82, 2.24) is 0 Å². The third-order valence-corrected chi connectivity index (χ3v) is 2.31. The smallest absolute Gasteiger partial charge is 0.303 e. The third kappa shape index (κ3) is 6.19. The minimum atomic E-state index is -0.735. The Morgan fingerprint density at radius 3 is 2.73 bits per heavy atom. The Hall–Kier alpha value is -0.220. The quantitative estimate of drug-likeness (QED) is 0.627. The Kier molecular flexibility index (Phi) is 6.36. The predicted molar refractivity (Wildman–Crippen MR) is 45.8 cm³/mol. The summed E-state index contributed by atoms with van der Waals surface area (Å²) in [5.41, 5.74) is 0.148. The summed E-state index contributed by atoms with van der Waals surface area (Å²) >= 11 is 1.61. The van der Waals surface area contributed by atoms with Crippen LogP contribution in [0.5, 0.6) is 0 Å². The molecule has 0 rings (SSSR count). The molecular formula is C7H14O3S. The van der Waals surface area contributed by atoms with Crippen LogP contribution in [0.25, 0.3) is 0 Å². The number of aliphatic carboxylic acids is 1. The molecule has 0 fully saturated rings. The Morgan fingerprint density at radius 1 is 1.73 bits per heavy atom. The summed E-state index contributed by atoms with van der Waals surface area (Å²) in [7, 11) is 1.64. The molecule has 0 aromatic heterocycles. The molecule has 0 heterocycles. The fourth-order valence-electron chi connectivity index (χ4n) is 0.752. The minimum absolute atomic E-state index is 0.148. The molecule has 66 valence electrons. The molecule has 0 aliphatic carbocycles. The van der Waals surface area contributed by atoms with Crippen LogP contribution in [0.4, 0.5) is 0 Å². The topological polar surface area (TPSA) is 46.5 Å². The lowest BCUT2D eigenvalue weighted by molar-refractivity contribution is -0.137. The van der Waals surface area contributed by atoms with E-state index in [2.05, 4.69) is 0 Å². The van der Waals surface area contributed by atoms with Crippen molar-refractivity contribution in [3.63, 3.8) is 0 Å². The number of methoxy groups -OCH3 is 1. The minimum Gasteiger partial charge on any atom is -0.481 e. The Morgan fingerprint density at radius 2 is 2.36 bits per heavy atom. The number of hydrogen-bond acceptors (Lipinski definition) is 3. The van der Waals surface area contributed by atoms with E-state index in [0.29, 0.717) is 6.42 Å². The van der Waals surface area contributed by atoms with Gasteiger partial charge in [0.25, 0.3) is 0 Å². The van der Waals surface area contributed by atoms with Gasteiger partial charge in [-0.3, -0.25) is 4.79 Å². The summed E-state index contributed by atoms with van der Waals surface area (Å²) in [5, 5.41) is 8.32. The first-order valence-electron chi connectivity index (χ1n) is 3.48. The largest absolute Gasteiger partial charge is 0.481 e. The van der Waals surface area contributed by atoms with Crippen molar-refractivity contribution in [3.05, 3.63) is 0 Å². The fraction of sp³-hybridized carbons (Fsp3) is 0.857. The third-order valence-electron chi connectivity index (χ3n) is 1.36. The number of carboxylic acid groups (broad SMARTS) is 1. The van der Waals surface area contributed by atoms with E-state index in [9.17, 15) is 4.79 Å². The summed E-state index contributed by atoms with van der Waals surface area (Å²) in [5.74, 6) is -0.735. The van der Waals surface area contributed by atoms with Gasteiger partial charge in [-0.05, 0) is 19.1 Å². The lowest BCUT2D eigenvalue weighted by atomic mass is 10.2. The second-order valence-corrected chi connectivity index (χ2v) is 3.18. The van der Waals surface area contributed by atoms with Gasteiger partial charge < -0.3 is 9.84 Å². The van der Waals surface area contributed by atoms with Gasteiger partial charge in [0.15, 0.2) is 0 Å². The molecule has 0 aromatic rings. The highest BCUT2D eigenvalue weighted by molar-refractivity contribution is 7.99. The molecule has 0 aliphatic rings. The maximum Gasteiger partial charge on any atom is 0.303 e. The SMILES string of the molecule is COC(CCCC(=O)O)SC. The Labute approximate surface area is 71.1 Å². The summed E-state index contributed by atoms with van der Waals surface area (Å²) in [6.45, 7) is 0. The maximum atomic E-state index is 10.1. The van der Waals surface area contributed by atoms with E-state index in [0.717, 1.165) is 6.42 Å². The molecular weight excluding hydrogens is 164 g/mol. The van der Waals surface area contributed by atoms with Crippen LogP contribution in [0, 0.1) is 0 Å². The van der Waals surface area contributed by atoms with Crippen molar-refractivity contribution in [3.8, 4) is 0 Å². The molecule has 3 nitrogen and oxygen atoms in total. The van der Waals surface area contributed by atoms with E-state index < -0.39 is 5.97 Å². The molecule has 1 atom stereocenters. The van der Waals surface area contributed by atoms with Crippen molar-refractivity contribution in [2.45, 2.75) is 24.7 Å². The Balaban J connectivity index is 3.28. The van der Waals surface area contributed by atoms with E-state index in [1.165, 1.54) is 0 Å². The van der Waals surface area contributed by atoms with E-state index >= 15 is 0 Å². The van der Waals surface area contributed by atoms with Gasteiger partial charge in [0.2, 0.25) is 0 Å². The van der Waals surface area contributed by atoms with Gasteiger partial charge in [-0.25, -0.2) is 0 Å². The lowest BCUT2D eigenvalue weighted by Crippen LogP contribution is -2.05. The van der Waals surface area contributed by atoms with Gasteiger partial charge in [-0.15, -0.1) is 11.8 Å². The number of hydrogen-bond donors (Lipinski definition) is 1. The van der Waals surface area contributed by atoms with Crippen molar-refractivity contribution in [2.75, 3.05) is 13.4 Å². The van der Waals surface area contributed by atoms with E-state index in [-0.39, 0.29) is 11.9 Å². The molecule has 0 saturated heterocycles. The number of ether oxygens (including phenoxy) is 1. The van der Waals surface area contributed by atoms with Gasteiger partial charge in [-0.2, -0.15) is 0 Å². The average Bonchev–Trinajstić information content (AvgIpc) is 1.98. The Bertz CT molecular complexity index is 112. The van der Waals surface area contributed by atoms with Crippen molar-refractivity contribution in [2.24, 2.45) is 0 Å². The zero-order valence-electron chi connectivity index (χ0n) is 6.87. The molecule has 0 spiro atoms. The molecule has 0 aromatic carbocycles. The number of rotatable bonds is 6. The van der Waals surface area contributed by atoms with Crippen LogP contribution in [0.15, 0.2) is 0 Å². The molecule has 1 N–H and O–H groups in total. The van der Waals surface area contributed by atoms with Crippen molar-refractivity contribution in [1.29, 1.82) is 0 Å². The number of thioether (sulfide) groups is 1. The first-order valence-corrected chi connectivity index (χ1v) is 4.77. The van der Waals surface area contributed by atoms with Crippen LogP contribution in [0.3, 0.4) is 0 Å². The van der Waals surface area contributed by atoms with E-state index in [4.69, 9.17) is 9.84 Å². The first-order chi connectivity index (χ1) is 5.20. The average molecular weight is 178 g/mol. The number of carbonyl (C=O) groups is 1. The summed E-state index contributed by atoms with van der Waals surface area (Å²) in [4.78, 5) is 10.1. The summed E-state index contributed by atoms with van der Waals surface area (Å²) in [6.07, 6.45) is 3.69. The highest BCUT2D eigenvalue weighted by Gasteiger charge is 2.05. The second kappa shape index (κ2) is 6.49. The van der Waals surface area contributed by atoms with Gasteiger partial charge in [-0.1, -0.05) is 0 Å². The van der Waals surface area contributed by atoms with Crippen molar-refractivity contribution < 1.29 is 14.6 Å². The number of carboxylic acids is 1. The first kappa shape index (κ1) is 10.8. The molecule has 0 saturated carbocycles. The van der Waals surface area contributed by atoms with Gasteiger partial charge >= 0.3 is 5.97 Å². The van der Waals surface area contributed by atoms with Crippen LogP contribution in [0.1, 0.15) is 19.3 Å². The molecule has 0 radical (unpaired) electrons. The highest BCUT2D eigenvalue weighted by Crippen LogP contribution is 2.14. The molecule has 0 amide bonds. The summed E-state index contributed by atoms with van der Waals surface area (Å²) in [6, 6.07) is 0. The molecule has 0 bridgehead atoms. The van der Waals surface area contributed by atoms with Gasteiger partial charge in [0.1, 0.15) is 5.44 Å². The van der Waals surface area contributed by atoms with Crippen LogP contribution in [-0.4, -0.2) is 29.9 Å². The van der Waals surface area contributed by atoms with E-state index in [1.54, 1.807) is 18.9 Å². The summed E-state index contributed by atoms with van der Waals surface area (Å²) < 4.78 is 5.05. The van der Waals surface area contributed by atoms with Crippen LogP contribution < -0.4 is 0 Å². The zero-order valence-corrected chi connectivity index (χ0v) is 7.69. The van der Waals surface area contributed by atoms with Gasteiger partial charge in [0, 0.05) is 13.5 Å². The predicted octanol–water partition coefficient (Wildman–Crippen LogP) is 1.58. The molecule has 4 heteroatoms. The van der Waals surface area contributed by atoms with E-state index in [1.807, 2.05) is 6.26 Å². The van der Waals surface area contributed by atoms with Crippen LogP contribution >= 0.6 is 11.8 Å². The molecule has 1 unspecified atom stereocenters. The van der Waals surface area contributed by atoms with Crippen LogP contribution in [0.2, 0.25) is 0 Å². The normalized spacial score (nSPS) is 12.9. The van der Waals surface area contributed by atoms with Crippen molar-refractivity contribution >= 4 is 17.7 Å². The fourth-order valence-corrected chi connectivity index (χ4v) is 1.35. The van der Waals surface area contributed by atoms with Gasteiger partial charge in [0.05, 0.1) is 0 Å². The standard InChI is InChI=1S/C7H14O3S/c1-10-7(11-2)5-3-4-6(8)9/h7H,3-5H2,1-2H3,(H,8,9). The molecule has 0 aliphatic heterocycles. The monoisotopic (exact) mass is 178 g/mol. The highest BCUT2D eigenvalue weighted by atomic mass is 32.2. The second-order valence-electron chi connectivity index (χ2n) is 2.19. The zero-order chi connectivity index (χ0) is 8.69. The van der Waals surface area contributed by atoms with Crippen LogP contribution in [-0.2, 0) is 9.53 Å².